The van der Waals surface area contributed by atoms with Crippen molar-refractivity contribution in [1.29, 1.82) is 0 Å². The second-order valence-electron chi connectivity index (χ2n) is 4.84. The quantitative estimate of drug-likeness (QED) is 0.750. The predicted octanol–water partition coefficient (Wildman–Crippen LogP) is 4.35. The van der Waals surface area contributed by atoms with Gasteiger partial charge in [0.25, 0.3) is 5.89 Å². The Balaban J connectivity index is 1.88. The summed E-state index contributed by atoms with van der Waals surface area (Å²) >= 11 is 4.97. The summed E-state index contributed by atoms with van der Waals surface area (Å²) in [6.45, 7) is 4.06. The van der Waals surface area contributed by atoms with Gasteiger partial charge in [-0.15, -0.1) is 11.3 Å². The minimum atomic E-state index is 0.501. The third-order valence-corrected chi connectivity index (χ3v) is 4.94. The zero-order chi connectivity index (χ0) is 15.0. The lowest BCUT2D eigenvalue weighted by Gasteiger charge is -1.96. The van der Waals surface area contributed by atoms with Gasteiger partial charge in [0, 0.05) is 15.8 Å². The Bertz CT molecular complexity index is 777. The number of benzene rings is 1. The molecule has 3 rings (SSSR count). The third kappa shape index (κ3) is 2.87. The van der Waals surface area contributed by atoms with Crippen LogP contribution in [0, 0.1) is 13.8 Å². The zero-order valence-corrected chi connectivity index (χ0v) is 14.1. The summed E-state index contributed by atoms with van der Waals surface area (Å²) in [4.78, 5) is 5.65. The standard InChI is InChI=1S/C15H14BrN3OS/c1-8-9(2)21-14(17)13(8)15-18-12(19-20-15)7-10-3-5-11(16)6-4-10/h3-6H,7,17H2,1-2H3. The summed E-state index contributed by atoms with van der Waals surface area (Å²) < 4.78 is 6.43. The molecule has 0 bridgehead atoms. The molecule has 4 nitrogen and oxygen atoms in total. The van der Waals surface area contributed by atoms with Gasteiger partial charge < -0.3 is 10.3 Å². The second kappa shape index (κ2) is 5.61. The van der Waals surface area contributed by atoms with E-state index in [2.05, 4.69) is 26.1 Å². The van der Waals surface area contributed by atoms with Gasteiger partial charge in [-0.25, -0.2) is 0 Å². The summed E-state index contributed by atoms with van der Waals surface area (Å²) in [6.07, 6.45) is 0.638. The van der Waals surface area contributed by atoms with Crippen LogP contribution in [0.4, 0.5) is 5.00 Å². The minimum Gasteiger partial charge on any atom is -0.390 e. The molecule has 1 aromatic carbocycles. The lowest BCUT2D eigenvalue weighted by atomic mass is 10.1. The Labute approximate surface area is 135 Å². The Morgan fingerprint density at radius 2 is 1.95 bits per heavy atom. The number of hydrogen-bond acceptors (Lipinski definition) is 5. The van der Waals surface area contributed by atoms with Crippen molar-refractivity contribution in [2.45, 2.75) is 20.3 Å². The summed E-state index contributed by atoms with van der Waals surface area (Å²) in [5.74, 6) is 1.16. The maximum absolute atomic E-state index is 6.04. The zero-order valence-electron chi connectivity index (χ0n) is 11.7. The average molecular weight is 364 g/mol. The SMILES string of the molecule is Cc1sc(N)c(-c2nc(Cc3ccc(Br)cc3)no2)c1C. The molecular formula is C15H14BrN3OS. The van der Waals surface area contributed by atoms with E-state index in [4.69, 9.17) is 10.3 Å². The number of nitrogens with two attached hydrogens (primary N) is 1. The first-order valence-electron chi connectivity index (χ1n) is 6.47. The molecule has 0 aliphatic heterocycles. The molecule has 21 heavy (non-hydrogen) atoms. The van der Waals surface area contributed by atoms with Crippen molar-refractivity contribution in [2.24, 2.45) is 0 Å². The normalized spacial score (nSPS) is 11.0. The first kappa shape index (κ1) is 14.3. The summed E-state index contributed by atoms with van der Waals surface area (Å²) in [5.41, 5.74) is 9.15. The number of hydrogen-bond donors (Lipinski definition) is 1. The van der Waals surface area contributed by atoms with Crippen LogP contribution in [0.1, 0.15) is 21.8 Å². The molecule has 0 saturated heterocycles. The van der Waals surface area contributed by atoms with E-state index < -0.39 is 0 Å². The van der Waals surface area contributed by atoms with Crippen LogP contribution in [-0.2, 0) is 6.42 Å². The van der Waals surface area contributed by atoms with Gasteiger partial charge in [0.05, 0.1) is 10.6 Å². The lowest BCUT2D eigenvalue weighted by molar-refractivity contribution is 0.424. The summed E-state index contributed by atoms with van der Waals surface area (Å²) in [6, 6.07) is 8.07. The van der Waals surface area contributed by atoms with Gasteiger partial charge in [0.15, 0.2) is 5.82 Å². The largest absolute Gasteiger partial charge is 0.390 e. The van der Waals surface area contributed by atoms with Crippen LogP contribution >= 0.6 is 27.3 Å². The maximum atomic E-state index is 6.04. The Morgan fingerprint density at radius 1 is 1.24 bits per heavy atom. The van der Waals surface area contributed by atoms with Crippen LogP contribution < -0.4 is 5.73 Å². The van der Waals surface area contributed by atoms with Crippen molar-refractivity contribution in [3.63, 3.8) is 0 Å². The predicted molar refractivity (Wildman–Crippen MR) is 88.4 cm³/mol. The summed E-state index contributed by atoms with van der Waals surface area (Å²) in [5, 5.41) is 4.78. The molecule has 0 radical (unpaired) electrons. The topological polar surface area (TPSA) is 64.9 Å². The average Bonchev–Trinajstić information content (AvgIpc) is 2.98. The Hall–Kier alpha value is -1.66. The number of nitrogen functional groups attached to an aromatic ring is 1. The van der Waals surface area contributed by atoms with Crippen molar-refractivity contribution in [1.82, 2.24) is 10.1 Å². The molecule has 2 aromatic heterocycles. The van der Waals surface area contributed by atoms with Gasteiger partial charge in [-0.2, -0.15) is 4.98 Å². The number of aromatic nitrogens is 2. The Morgan fingerprint density at radius 3 is 2.57 bits per heavy atom. The molecule has 0 saturated carbocycles. The van der Waals surface area contributed by atoms with E-state index in [0.29, 0.717) is 18.1 Å². The highest BCUT2D eigenvalue weighted by Gasteiger charge is 2.18. The van der Waals surface area contributed by atoms with E-state index >= 15 is 0 Å². The van der Waals surface area contributed by atoms with Crippen LogP contribution in [0.25, 0.3) is 11.5 Å². The molecule has 0 aliphatic rings. The van der Waals surface area contributed by atoms with Gasteiger partial charge in [-0.05, 0) is 37.1 Å². The van der Waals surface area contributed by atoms with E-state index in [0.717, 1.165) is 26.2 Å². The van der Waals surface area contributed by atoms with E-state index in [1.807, 2.05) is 38.1 Å². The molecule has 3 aromatic rings. The fraction of sp³-hybridized carbons (Fsp3) is 0.200. The molecule has 0 fully saturated rings. The van der Waals surface area contributed by atoms with Crippen molar-refractivity contribution in [3.8, 4) is 11.5 Å². The van der Waals surface area contributed by atoms with Crippen LogP contribution in [0.2, 0.25) is 0 Å². The van der Waals surface area contributed by atoms with Crippen LogP contribution in [-0.4, -0.2) is 10.1 Å². The van der Waals surface area contributed by atoms with E-state index in [9.17, 15) is 0 Å². The monoisotopic (exact) mass is 363 g/mol. The molecule has 0 spiro atoms. The first-order valence-corrected chi connectivity index (χ1v) is 8.08. The highest BCUT2D eigenvalue weighted by atomic mass is 79.9. The number of nitrogens with zero attached hydrogens (tertiary/aromatic N) is 2. The van der Waals surface area contributed by atoms with Crippen molar-refractivity contribution >= 4 is 32.3 Å². The molecule has 0 amide bonds. The van der Waals surface area contributed by atoms with Gasteiger partial charge >= 0.3 is 0 Å². The number of thiophene rings is 1. The molecule has 2 heterocycles. The minimum absolute atomic E-state index is 0.501. The number of rotatable bonds is 3. The molecule has 6 heteroatoms. The lowest BCUT2D eigenvalue weighted by Crippen LogP contribution is -1.91. The van der Waals surface area contributed by atoms with E-state index in [-0.39, 0.29) is 0 Å². The van der Waals surface area contributed by atoms with Crippen LogP contribution in [0.3, 0.4) is 0 Å². The van der Waals surface area contributed by atoms with E-state index in [1.54, 1.807) is 11.3 Å². The Kier molecular flexibility index (Phi) is 3.82. The van der Waals surface area contributed by atoms with Crippen LogP contribution in [0.15, 0.2) is 33.3 Å². The van der Waals surface area contributed by atoms with Gasteiger partial charge in [0.1, 0.15) is 0 Å². The third-order valence-electron chi connectivity index (χ3n) is 3.37. The van der Waals surface area contributed by atoms with Crippen LogP contribution in [0.5, 0.6) is 0 Å². The van der Waals surface area contributed by atoms with E-state index in [1.165, 1.54) is 4.88 Å². The molecule has 0 unspecified atom stereocenters. The highest BCUT2D eigenvalue weighted by Crippen LogP contribution is 2.37. The second-order valence-corrected chi connectivity index (χ2v) is 7.01. The molecular weight excluding hydrogens is 350 g/mol. The van der Waals surface area contributed by atoms with Gasteiger partial charge in [-0.1, -0.05) is 33.2 Å². The molecule has 2 N–H and O–H groups in total. The molecule has 0 aliphatic carbocycles. The van der Waals surface area contributed by atoms with Crippen molar-refractivity contribution in [2.75, 3.05) is 5.73 Å². The molecule has 0 atom stereocenters. The fourth-order valence-electron chi connectivity index (χ4n) is 2.13. The van der Waals surface area contributed by atoms with Gasteiger partial charge in [0.2, 0.25) is 0 Å². The molecule has 108 valence electrons. The number of aryl methyl sites for hydroxylation is 1. The fourth-order valence-corrected chi connectivity index (χ4v) is 3.32. The highest BCUT2D eigenvalue weighted by molar-refractivity contribution is 9.10. The van der Waals surface area contributed by atoms with Gasteiger partial charge in [-0.3, -0.25) is 0 Å². The first-order chi connectivity index (χ1) is 10.0. The maximum Gasteiger partial charge on any atom is 0.261 e. The van der Waals surface area contributed by atoms with Crippen molar-refractivity contribution in [3.05, 3.63) is 50.6 Å². The number of anilines is 1. The van der Waals surface area contributed by atoms with Crippen molar-refractivity contribution < 1.29 is 4.52 Å². The summed E-state index contributed by atoms with van der Waals surface area (Å²) in [7, 11) is 0. The smallest absolute Gasteiger partial charge is 0.261 e. The number of halogens is 1.